The van der Waals surface area contributed by atoms with Gasteiger partial charge in [-0.05, 0) is 24.6 Å². The zero-order chi connectivity index (χ0) is 9.35. The number of nitrogens with zero attached hydrogens (tertiary/aromatic N) is 1. The first-order chi connectivity index (χ1) is 5.43. The highest BCUT2D eigenvalue weighted by atomic mass is 32.5. The Morgan fingerprint density at radius 1 is 1.67 bits per heavy atom. The summed E-state index contributed by atoms with van der Waals surface area (Å²) in [4.78, 5) is 29.1. The molecule has 1 rings (SSSR count). The van der Waals surface area contributed by atoms with E-state index in [4.69, 9.17) is 15.5 Å². The van der Waals surface area contributed by atoms with E-state index in [1.54, 1.807) is 0 Å². The summed E-state index contributed by atoms with van der Waals surface area (Å²) in [5.74, 6) is -0.537. The Morgan fingerprint density at radius 3 is 2.58 bits per heavy atom. The summed E-state index contributed by atoms with van der Waals surface area (Å²) >= 11 is 4.48. The molecule has 7 heteroatoms. The van der Waals surface area contributed by atoms with Crippen LogP contribution in [0, 0.1) is 0 Å². The van der Waals surface area contributed by atoms with Gasteiger partial charge in [0.2, 0.25) is 5.91 Å². The second kappa shape index (κ2) is 3.40. The first-order valence-corrected chi connectivity index (χ1v) is 6.21. The van der Waals surface area contributed by atoms with E-state index >= 15 is 0 Å². The van der Waals surface area contributed by atoms with Crippen LogP contribution in [0.4, 0.5) is 0 Å². The van der Waals surface area contributed by atoms with Crippen molar-refractivity contribution in [1.82, 2.24) is 4.67 Å². The molecule has 1 aliphatic rings. The number of hydrogen-bond donors (Lipinski definition) is 3. The molecule has 12 heavy (non-hydrogen) atoms. The standard InChI is InChI=1S/C5H11N2O3PS/c6-5(8)4-2-1-3-7(4)11(9,10)12/h4H,1-3H2,(H2,6,8)(H2,9,10,12). The van der Waals surface area contributed by atoms with Crippen LogP contribution in [-0.2, 0) is 16.6 Å². The molecule has 1 heterocycles. The van der Waals surface area contributed by atoms with E-state index in [0.29, 0.717) is 13.0 Å². The molecule has 0 saturated carbocycles. The smallest absolute Gasteiger partial charge is 0.259 e. The predicted molar refractivity (Wildman–Crippen MR) is 47.6 cm³/mol. The lowest BCUT2D eigenvalue weighted by Gasteiger charge is -2.25. The van der Waals surface area contributed by atoms with Crippen LogP contribution in [0.3, 0.4) is 0 Å². The molecule has 0 aliphatic carbocycles. The second-order valence-electron chi connectivity index (χ2n) is 2.74. The van der Waals surface area contributed by atoms with Gasteiger partial charge in [-0.3, -0.25) is 4.79 Å². The highest BCUT2D eigenvalue weighted by Gasteiger charge is 2.36. The molecule has 4 N–H and O–H groups in total. The SMILES string of the molecule is NC(=O)C1CCCN1P(O)(O)=S. The zero-order valence-corrected chi connectivity index (χ0v) is 8.09. The van der Waals surface area contributed by atoms with Crippen LogP contribution < -0.4 is 5.73 Å². The van der Waals surface area contributed by atoms with Crippen LogP contribution in [0.15, 0.2) is 0 Å². The van der Waals surface area contributed by atoms with Crippen molar-refractivity contribution in [2.45, 2.75) is 18.9 Å². The van der Waals surface area contributed by atoms with Crippen molar-refractivity contribution in [1.29, 1.82) is 0 Å². The summed E-state index contributed by atoms with van der Waals surface area (Å²) in [6.07, 6.45) is 1.29. The van der Waals surface area contributed by atoms with Gasteiger partial charge in [-0.2, -0.15) is 0 Å². The topological polar surface area (TPSA) is 86.8 Å². The van der Waals surface area contributed by atoms with Gasteiger partial charge in [0, 0.05) is 6.54 Å². The van der Waals surface area contributed by atoms with Gasteiger partial charge >= 0.3 is 0 Å². The van der Waals surface area contributed by atoms with E-state index in [1.807, 2.05) is 0 Å². The van der Waals surface area contributed by atoms with Gasteiger partial charge in [-0.15, -0.1) is 0 Å². The van der Waals surface area contributed by atoms with Crippen LogP contribution in [-0.4, -0.2) is 33.0 Å². The Labute approximate surface area is 75.4 Å². The quantitative estimate of drug-likeness (QED) is 0.516. The minimum Gasteiger partial charge on any atom is -0.368 e. The average molecular weight is 210 g/mol. The maximum absolute atomic E-state index is 10.8. The van der Waals surface area contributed by atoms with Crippen molar-refractivity contribution in [3.8, 4) is 0 Å². The number of amides is 1. The monoisotopic (exact) mass is 210 g/mol. The summed E-state index contributed by atoms with van der Waals surface area (Å²) in [6.45, 7) is -3.02. The fraction of sp³-hybridized carbons (Fsp3) is 0.800. The molecule has 1 aliphatic heterocycles. The van der Waals surface area contributed by atoms with Crippen LogP contribution >= 0.6 is 6.64 Å². The molecule has 0 aromatic heterocycles. The Balaban J connectivity index is 2.78. The maximum atomic E-state index is 10.8. The molecular weight excluding hydrogens is 199 g/mol. The number of nitrogens with two attached hydrogens (primary N) is 1. The summed E-state index contributed by atoms with van der Waals surface area (Å²) < 4.78 is 1.23. The summed E-state index contributed by atoms with van der Waals surface area (Å²) in [6, 6.07) is -0.592. The first kappa shape index (κ1) is 10.1. The van der Waals surface area contributed by atoms with E-state index in [0.717, 1.165) is 6.42 Å². The van der Waals surface area contributed by atoms with Crippen molar-refractivity contribution in [2.24, 2.45) is 5.73 Å². The van der Waals surface area contributed by atoms with E-state index in [9.17, 15) is 4.79 Å². The number of primary amides is 1. The summed E-state index contributed by atoms with van der Waals surface area (Å²) in [7, 11) is 0. The Morgan fingerprint density at radius 2 is 2.25 bits per heavy atom. The Bertz CT molecular complexity index is 241. The van der Waals surface area contributed by atoms with Crippen molar-refractivity contribution in [3.63, 3.8) is 0 Å². The number of carbonyl (C=O) groups excluding carboxylic acids is 1. The molecule has 1 fully saturated rings. The molecule has 0 radical (unpaired) electrons. The minimum absolute atomic E-state index is 0.442. The molecular formula is C5H11N2O3PS. The van der Waals surface area contributed by atoms with Crippen molar-refractivity contribution in [3.05, 3.63) is 0 Å². The fourth-order valence-electron chi connectivity index (χ4n) is 1.35. The molecule has 1 amide bonds. The van der Waals surface area contributed by atoms with Crippen LogP contribution in [0.5, 0.6) is 0 Å². The molecule has 0 spiro atoms. The summed E-state index contributed by atoms with van der Waals surface area (Å²) in [5, 5.41) is 0. The van der Waals surface area contributed by atoms with Gasteiger partial charge in [-0.25, -0.2) is 4.67 Å². The van der Waals surface area contributed by atoms with E-state index in [2.05, 4.69) is 11.8 Å². The predicted octanol–water partition coefficient (Wildman–Crippen LogP) is -0.855. The van der Waals surface area contributed by atoms with Gasteiger partial charge in [0.05, 0.1) is 6.04 Å². The van der Waals surface area contributed by atoms with Gasteiger partial charge in [-0.1, -0.05) is 0 Å². The van der Waals surface area contributed by atoms with Crippen LogP contribution in [0.2, 0.25) is 0 Å². The molecule has 1 saturated heterocycles. The molecule has 5 nitrogen and oxygen atoms in total. The molecule has 0 bridgehead atoms. The third-order valence-corrected chi connectivity index (χ3v) is 3.66. The van der Waals surface area contributed by atoms with Crippen molar-refractivity contribution in [2.75, 3.05) is 6.54 Å². The highest BCUT2D eigenvalue weighted by molar-refractivity contribution is 8.07. The van der Waals surface area contributed by atoms with Crippen LogP contribution in [0.25, 0.3) is 0 Å². The Hall–Kier alpha value is -0.0000000000000000833. The molecule has 0 aromatic rings. The molecule has 0 aromatic carbocycles. The van der Waals surface area contributed by atoms with Gasteiger partial charge in [0.1, 0.15) is 0 Å². The lowest BCUT2D eigenvalue weighted by atomic mass is 10.2. The van der Waals surface area contributed by atoms with Gasteiger partial charge in [0.25, 0.3) is 6.64 Å². The molecule has 1 atom stereocenters. The zero-order valence-electron chi connectivity index (χ0n) is 6.38. The third-order valence-electron chi connectivity index (χ3n) is 1.89. The van der Waals surface area contributed by atoms with E-state index in [-0.39, 0.29) is 0 Å². The lowest BCUT2D eigenvalue weighted by molar-refractivity contribution is -0.121. The van der Waals surface area contributed by atoms with Gasteiger partial charge < -0.3 is 15.5 Å². The van der Waals surface area contributed by atoms with Gasteiger partial charge in [0.15, 0.2) is 0 Å². The normalized spacial score (nSPS) is 26.0. The second-order valence-corrected chi connectivity index (χ2v) is 5.75. The third kappa shape index (κ3) is 2.02. The Kier molecular flexibility index (Phi) is 2.85. The minimum atomic E-state index is -3.46. The fourth-order valence-corrected chi connectivity index (χ4v) is 2.93. The molecule has 1 unspecified atom stereocenters. The largest absolute Gasteiger partial charge is 0.368 e. The van der Waals surface area contributed by atoms with Crippen molar-refractivity contribution >= 4 is 24.4 Å². The highest BCUT2D eigenvalue weighted by Crippen LogP contribution is 2.45. The molecule has 70 valence electrons. The van der Waals surface area contributed by atoms with Crippen LogP contribution in [0.1, 0.15) is 12.8 Å². The van der Waals surface area contributed by atoms with E-state index in [1.165, 1.54) is 4.67 Å². The summed E-state index contributed by atoms with van der Waals surface area (Å²) in [5.41, 5.74) is 5.05. The maximum Gasteiger partial charge on any atom is 0.259 e. The average Bonchev–Trinajstić information content (AvgIpc) is 2.30. The number of hydrogen-bond acceptors (Lipinski definition) is 2. The lowest BCUT2D eigenvalue weighted by Crippen LogP contribution is -2.38. The first-order valence-electron chi connectivity index (χ1n) is 3.55. The van der Waals surface area contributed by atoms with E-state index < -0.39 is 18.6 Å². The van der Waals surface area contributed by atoms with Crippen molar-refractivity contribution < 1.29 is 14.6 Å². The number of rotatable bonds is 2. The number of carbonyl (C=O) groups is 1.